The fourth-order valence-corrected chi connectivity index (χ4v) is 3.24. The molecule has 1 unspecified atom stereocenters. The van der Waals surface area contributed by atoms with Crippen LogP contribution < -0.4 is 10.6 Å². The van der Waals surface area contributed by atoms with Crippen molar-refractivity contribution >= 4 is 17.7 Å². The molecule has 2 N–H and O–H groups in total. The van der Waals surface area contributed by atoms with E-state index in [0.717, 1.165) is 12.3 Å². The number of nitrogens with one attached hydrogen (secondary N) is 2. The van der Waals surface area contributed by atoms with Crippen LogP contribution in [-0.4, -0.2) is 35.5 Å². The molecule has 1 saturated carbocycles. The molecule has 92 valence electrons. The molecule has 0 aromatic rings. The lowest BCUT2D eigenvalue weighted by Crippen LogP contribution is -2.48. The van der Waals surface area contributed by atoms with Crippen LogP contribution in [0.15, 0.2) is 0 Å². The molecule has 4 heteroatoms. The van der Waals surface area contributed by atoms with E-state index in [-0.39, 0.29) is 11.4 Å². The van der Waals surface area contributed by atoms with Gasteiger partial charge in [0.1, 0.15) is 0 Å². The third-order valence-corrected chi connectivity index (χ3v) is 4.62. The Balaban J connectivity index is 1.74. The van der Waals surface area contributed by atoms with E-state index in [1.54, 1.807) is 0 Å². The third-order valence-electron chi connectivity index (χ3n) is 3.49. The molecule has 0 aromatic carbocycles. The van der Waals surface area contributed by atoms with E-state index in [4.69, 9.17) is 0 Å². The van der Waals surface area contributed by atoms with E-state index >= 15 is 0 Å². The van der Waals surface area contributed by atoms with Gasteiger partial charge in [-0.25, -0.2) is 0 Å². The summed E-state index contributed by atoms with van der Waals surface area (Å²) in [4.78, 5) is 11.9. The van der Waals surface area contributed by atoms with Gasteiger partial charge in [0.05, 0.1) is 0 Å². The monoisotopic (exact) mass is 242 g/mol. The molecule has 1 aliphatic carbocycles. The Morgan fingerprint density at radius 1 is 1.50 bits per heavy atom. The minimum atomic E-state index is -0.00110. The van der Waals surface area contributed by atoms with Gasteiger partial charge in [0.15, 0.2) is 0 Å². The number of hydrogen-bond acceptors (Lipinski definition) is 3. The van der Waals surface area contributed by atoms with Crippen LogP contribution >= 0.6 is 11.8 Å². The number of amides is 1. The second kappa shape index (κ2) is 4.96. The van der Waals surface area contributed by atoms with Gasteiger partial charge in [-0.3, -0.25) is 4.79 Å². The fourth-order valence-electron chi connectivity index (χ4n) is 2.29. The summed E-state index contributed by atoms with van der Waals surface area (Å²) >= 11 is 1.94. The van der Waals surface area contributed by atoms with Gasteiger partial charge in [0.2, 0.25) is 5.91 Å². The Morgan fingerprint density at radius 2 is 2.25 bits per heavy atom. The first-order valence-corrected chi connectivity index (χ1v) is 7.35. The molecule has 0 aromatic heterocycles. The lowest BCUT2D eigenvalue weighted by Gasteiger charge is -2.28. The zero-order valence-electron chi connectivity index (χ0n) is 10.2. The van der Waals surface area contributed by atoms with E-state index < -0.39 is 0 Å². The average Bonchev–Trinajstić information content (AvgIpc) is 3.01. The molecule has 0 radical (unpaired) electrons. The molecule has 0 spiro atoms. The summed E-state index contributed by atoms with van der Waals surface area (Å²) in [5.74, 6) is 3.14. The maximum atomic E-state index is 11.9. The molecular formula is C12H22N2OS. The van der Waals surface area contributed by atoms with Crippen molar-refractivity contribution in [1.82, 2.24) is 10.6 Å². The molecule has 2 rings (SSSR count). The van der Waals surface area contributed by atoms with Crippen LogP contribution in [0.2, 0.25) is 0 Å². The van der Waals surface area contributed by atoms with Gasteiger partial charge < -0.3 is 10.6 Å². The van der Waals surface area contributed by atoms with Crippen LogP contribution in [0.4, 0.5) is 0 Å². The first-order valence-electron chi connectivity index (χ1n) is 6.20. The second-order valence-corrected chi connectivity index (χ2v) is 6.62. The van der Waals surface area contributed by atoms with Gasteiger partial charge in [0.25, 0.3) is 0 Å². The van der Waals surface area contributed by atoms with E-state index in [0.29, 0.717) is 18.4 Å². The summed E-state index contributed by atoms with van der Waals surface area (Å²) in [5, 5.41) is 6.58. The van der Waals surface area contributed by atoms with E-state index in [9.17, 15) is 4.79 Å². The van der Waals surface area contributed by atoms with Crippen molar-refractivity contribution in [1.29, 1.82) is 0 Å². The Kier molecular flexibility index (Phi) is 3.80. The predicted octanol–water partition coefficient (Wildman–Crippen LogP) is 1.39. The van der Waals surface area contributed by atoms with E-state index in [1.165, 1.54) is 18.6 Å². The van der Waals surface area contributed by atoms with Crippen molar-refractivity contribution in [3.63, 3.8) is 0 Å². The normalized spacial score (nSPS) is 26.5. The summed E-state index contributed by atoms with van der Waals surface area (Å²) in [6.07, 6.45) is 3.17. The highest BCUT2D eigenvalue weighted by Crippen LogP contribution is 2.39. The highest BCUT2D eigenvalue weighted by molar-refractivity contribution is 7.99. The highest BCUT2D eigenvalue weighted by atomic mass is 32.2. The topological polar surface area (TPSA) is 41.1 Å². The maximum Gasteiger partial charge on any atom is 0.222 e. The van der Waals surface area contributed by atoms with Crippen LogP contribution in [0.3, 0.4) is 0 Å². The quantitative estimate of drug-likeness (QED) is 0.783. The zero-order valence-corrected chi connectivity index (χ0v) is 11.0. The smallest absolute Gasteiger partial charge is 0.222 e. The van der Waals surface area contributed by atoms with Crippen molar-refractivity contribution in [3.8, 4) is 0 Å². The molecule has 16 heavy (non-hydrogen) atoms. The van der Waals surface area contributed by atoms with Crippen LogP contribution in [0, 0.1) is 5.92 Å². The largest absolute Gasteiger partial charge is 0.351 e. The summed E-state index contributed by atoms with van der Waals surface area (Å²) < 4.78 is 0. The van der Waals surface area contributed by atoms with Crippen molar-refractivity contribution in [3.05, 3.63) is 0 Å². The minimum absolute atomic E-state index is 0.00110. The first-order chi connectivity index (χ1) is 7.58. The molecule has 1 amide bonds. The maximum absolute atomic E-state index is 11.9. The van der Waals surface area contributed by atoms with Gasteiger partial charge >= 0.3 is 0 Å². The highest BCUT2D eigenvalue weighted by Gasteiger charge is 2.38. The number of hydrogen-bond donors (Lipinski definition) is 2. The van der Waals surface area contributed by atoms with Gasteiger partial charge in [-0.05, 0) is 32.6 Å². The van der Waals surface area contributed by atoms with Crippen molar-refractivity contribution < 1.29 is 4.79 Å². The third kappa shape index (κ3) is 3.39. The van der Waals surface area contributed by atoms with Crippen molar-refractivity contribution in [2.24, 2.45) is 5.92 Å². The van der Waals surface area contributed by atoms with E-state index in [1.807, 2.05) is 11.8 Å². The number of carbonyl (C=O) groups is 1. The zero-order chi connectivity index (χ0) is 11.6. The fraction of sp³-hybridized carbons (Fsp3) is 0.917. The number of thioether (sulfide) groups is 1. The second-order valence-electron chi connectivity index (χ2n) is 5.47. The predicted molar refractivity (Wildman–Crippen MR) is 68.7 cm³/mol. The van der Waals surface area contributed by atoms with Crippen molar-refractivity contribution in [2.45, 2.75) is 44.7 Å². The summed E-state index contributed by atoms with van der Waals surface area (Å²) in [5.41, 5.74) is -0.00110. The molecular weight excluding hydrogens is 220 g/mol. The molecule has 1 saturated heterocycles. The lowest BCUT2D eigenvalue weighted by atomic mass is 9.98. The van der Waals surface area contributed by atoms with Crippen LogP contribution in [0.5, 0.6) is 0 Å². The Hall–Kier alpha value is -0.220. The van der Waals surface area contributed by atoms with Gasteiger partial charge in [-0.1, -0.05) is 0 Å². The molecule has 2 aliphatic rings. The van der Waals surface area contributed by atoms with Crippen molar-refractivity contribution in [2.75, 3.05) is 18.1 Å². The van der Waals surface area contributed by atoms with Gasteiger partial charge in [0, 0.05) is 36.1 Å². The van der Waals surface area contributed by atoms with Crippen LogP contribution in [0.25, 0.3) is 0 Å². The SMILES string of the molecule is CC(C)(NC(=O)CC1CSCCN1)C1CC1. The first kappa shape index (κ1) is 12.2. The Labute approximate surface area is 102 Å². The standard InChI is InChI=1S/C12H22N2OS/c1-12(2,9-3-4-9)14-11(15)7-10-8-16-6-5-13-10/h9-10,13H,3-8H2,1-2H3,(H,14,15). The van der Waals surface area contributed by atoms with Crippen LogP contribution in [-0.2, 0) is 4.79 Å². The Morgan fingerprint density at radius 3 is 2.81 bits per heavy atom. The molecule has 1 aliphatic heterocycles. The van der Waals surface area contributed by atoms with Gasteiger partial charge in [-0.2, -0.15) is 11.8 Å². The summed E-state index contributed by atoms with van der Waals surface area (Å²) in [7, 11) is 0. The number of carbonyl (C=O) groups excluding carboxylic acids is 1. The van der Waals surface area contributed by atoms with Crippen LogP contribution in [0.1, 0.15) is 33.1 Å². The minimum Gasteiger partial charge on any atom is -0.351 e. The number of rotatable bonds is 4. The molecule has 1 atom stereocenters. The summed E-state index contributed by atoms with van der Waals surface area (Å²) in [6.45, 7) is 5.33. The van der Waals surface area contributed by atoms with Gasteiger partial charge in [-0.15, -0.1) is 0 Å². The summed E-state index contributed by atoms with van der Waals surface area (Å²) in [6, 6.07) is 0.369. The molecule has 1 heterocycles. The van der Waals surface area contributed by atoms with E-state index in [2.05, 4.69) is 24.5 Å². The molecule has 3 nitrogen and oxygen atoms in total. The molecule has 2 fully saturated rings. The lowest BCUT2D eigenvalue weighted by molar-refractivity contribution is -0.123. The molecule has 0 bridgehead atoms. The average molecular weight is 242 g/mol. The Bertz CT molecular complexity index is 258.